The fraction of sp³-hybridized carbons (Fsp3) is 0.240. The van der Waals surface area contributed by atoms with Gasteiger partial charge >= 0.3 is 6.03 Å². The molecule has 1 unspecified atom stereocenters. The van der Waals surface area contributed by atoms with Crippen molar-refractivity contribution in [1.82, 2.24) is 10.2 Å². The summed E-state index contributed by atoms with van der Waals surface area (Å²) in [6, 6.07) is 18.4. The summed E-state index contributed by atoms with van der Waals surface area (Å²) in [7, 11) is 0. The molecule has 1 saturated heterocycles. The number of imide groups is 1. The molecule has 1 aliphatic heterocycles. The Labute approximate surface area is 197 Å². The number of hydrogen-bond donors (Lipinski definition) is 2. The fourth-order valence-corrected chi connectivity index (χ4v) is 4.68. The van der Waals surface area contributed by atoms with Gasteiger partial charge in [0.2, 0.25) is 5.91 Å². The van der Waals surface area contributed by atoms with Gasteiger partial charge in [0.15, 0.2) is 0 Å². The Morgan fingerprint density at radius 3 is 2.33 bits per heavy atom. The van der Waals surface area contributed by atoms with Gasteiger partial charge in [-0.25, -0.2) is 4.79 Å². The first-order valence-electron chi connectivity index (χ1n) is 10.7. The predicted molar refractivity (Wildman–Crippen MR) is 131 cm³/mol. The summed E-state index contributed by atoms with van der Waals surface area (Å²) in [6.45, 7) is 5.13. The van der Waals surface area contributed by atoms with E-state index >= 15 is 0 Å². The van der Waals surface area contributed by atoms with Crippen LogP contribution in [0.4, 0.5) is 21.9 Å². The lowest BCUT2D eigenvalue weighted by Crippen LogP contribution is -2.46. The van der Waals surface area contributed by atoms with Crippen LogP contribution in [-0.4, -0.2) is 35.3 Å². The number of nitrogens with one attached hydrogen (secondary N) is 2. The molecule has 2 N–H and O–H groups in total. The molecule has 1 atom stereocenters. The molecule has 8 heteroatoms. The van der Waals surface area contributed by atoms with Crippen LogP contribution in [0.1, 0.15) is 26.3 Å². The van der Waals surface area contributed by atoms with Crippen LogP contribution in [-0.2, 0) is 15.1 Å². The molecule has 7 nitrogen and oxygen atoms in total. The number of carbonyl (C=O) groups is 3. The van der Waals surface area contributed by atoms with E-state index in [4.69, 9.17) is 0 Å². The van der Waals surface area contributed by atoms with Gasteiger partial charge in [-0.15, -0.1) is 0 Å². The van der Waals surface area contributed by atoms with Gasteiger partial charge in [-0.1, -0.05) is 18.2 Å². The molecular weight excluding hydrogens is 436 g/mol. The first-order valence-corrected chi connectivity index (χ1v) is 11.6. The van der Waals surface area contributed by atoms with E-state index in [2.05, 4.69) is 10.6 Å². The number of nitrogens with zero attached hydrogens (tertiary/aromatic N) is 2. The highest BCUT2D eigenvalue weighted by Gasteiger charge is 2.50. The number of para-hydroxylation sites is 1. The second kappa shape index (κ2) is 9.07. The zero-order chi connectivity index (χ0) is 23.6. The van der Waals surface area contributed by atoms with Crippen LogP contribution in [0, 0.1) is 0 Å². The van der Waals surface area contributed by atoms with Crippen molar-refractivity contribution in [3.05, 3.63) is 77.0 Å². The second-order valence-electron chi connectivity index (χ2n) is 8.35. The van der Waals surface area contributed by atoms with Gasteiger partial charge in [0.25, 0.3) is 5.91 Å². The molecule has 0 radical (unpaired) electrons. The van der Waals surface area contributed by atoms with Crippen LogP contribution in [0.5, 0.6) is 0 Å². The molecule has 3 aromatic rings. The zero-order valence-corrected chi connectivity index (χ0v) is 19.6. The van der Waals surface area contributed by atoms with Crippen molar-refractivity contribution in [1.29, 1.82) is 0 Å². The summed E-state index contributed by atoms with van der Waals surface area (Å²) in [6.07, 6.45) is 0. The van der Waals surface area contributed by atoms with Crippen LogP contribution >= 0.6 is 11.3 Å². The Balaban J connectivity index is 1.50. The summed E-state index contributed by atoms with van der Waals surface area (Å²) in [4.78, 5) is 41.5. The minimum absolute atomic E-state index is 0.158. The van der Waals surface area contributed by atoms with Gasteiger partial charge in [0.05, 0.1) is 0 Å². The van der Waals surface area contributed by atoms with Crippen LogP contribution in [0.2, 0.25) is 0 Å². The van der Waals surface area contributed by atoms with E-state index in [0.717, 1.165) is 16.3 Å². The average molecular weight is 463 g/mol. The summed E-state index contributed by atoms with van der Waals surface area (Å²) in [5.74, 6) is -0.753. The summed E-state index contributed by atoms with van der Waals surface area (Å²) in [5.41, 5.74) is 2.10. The lowest BCUT2D eigenvalue weighted by molar-refractivity contribution is -0.134. The summed E-state index contributed by atoms with van der Waals surface area (Å²) < 4.78 is 0. The van der Waals surface area contributed by atoms with Crippen molar-refractivity contribution < 1.29 is 14.4 Å². The minimum atomic E-state index is -1.16. The van der Waals surface area contributed by atoms with Crippen LogP contribution < -0.4 is 15.5 Å². The number of benzene rings is 2. The molecule has 0 spiro atoms. The van der Waals surface area contributed by atoms with E-state index in [-0.39, 0.29) is 18.5 Å². The summed E-state index contributed by atoms with van der Waals surface area (Å²) in [5, 5.41) is 9.73. The van der Waals surface area contributed by atoms with E-state index in [1.807, 2.05) is 79.2 Å². The van der Waals surface area contributed by atoms with Crippen molar-refractivity contribution in [3.63, 3.8) is 0 Å². The number of anilines is 3. The van der Waals surface area contributed by atoms with Crippen molar-refractivity contribution in [2.24, 2.45) is 0 Å². The molecular formula is C25H26N4O3S. The number of thiophene rings is 1. The smallest absolute Gasteiger partial charge is 0.325 e. The van der Waals surface area contributed by atoms with Crippen LogP contribution in [0.25, 0.3) is 0 Å². The predicted octanol–water partition coefficient (Wildman–Crippen LogP) is 4.70. The highest BCUT2D eigenvalue weighted by Crippen LogP contribution is 2.30. The number of rotatable bonds is 7. The Bertz CT molecular complexity index is 1150. The van der Waals surface area contributed by atoms with E-state index < -0.39 is 17.5 Å². The maximum atomic E-state index is 13.2. The lowest BCUT2D eigenvalue weighted by atomic mass is 9.95. The van der Waals surface area contributed by atoms with E-state index in [0.29, 0.717) is 11.3 Å². The van der Waals surface area contributed by atoms with E-state index in [1.165, 1.54) is 11.3 Å². The Kier molecular flexibility index (Phi) is 6.20. The molecule has 170 valence electrons. The molecule has 33 heavy (non-hydrogen) atoms. The molecule has 0 aliphatic carbocycles. The van der Waals surface area contributed by atoms with Gasteiger partial charge in [0, 0.05) is 23.1 Å². The quantitative estimate of drug-likeness (QED) is 0.499. The molecule has 2 heterocycles. The Hall–Kier alpha value is -3.65. The maximum Gasteiger partial charge on any atom is 0.325 e. The lowest BCUT2D eigenvalue weighted by Gasteiger charge is -2.29. The fourth-order valence-electron chi connectivity index (χ4n) is 3.92. The number of carbonyl (C=O) groups excluding carboxylic acids is 3. The van der Waals surface area contributed by atoms with Crippen molar-refractivity contribution >= 4 is 46.2 Å². The van der Waals surface area contributed by atoms with Crippen molar-refractivity contribution in [2.75, 3.05) is 16.8 Å². The first kappa shape index (κ1) is 22.5. The highest BCUT2D eigenvalue weighted by atomic mass is 32.1. The van der Waals surface area contributed by atoms with Crippen molar-refractivity contribution in [3.8, 4) is 0 Å². The van der Waals surface area contributed by atoms with Gasteiger partial charge < -0.3 is 15.5 Å². The van der Waals surface area contributed by atoms with Crippen LogP contribution in [0.15, 0.2) is 71.4 Å². The average Bonchev–Trinajstić information content (AvgIpc) is 3.40. The van der Waals surface area contributed by atoms with E-state index in [1.54, 1.807) is 17.9 Å². The maximum absolute atomic E-state index is 13.2. The van der Waals surface area contributed by atoms with Gasteiger partial charge in [0.1, 0.15) is 12.1 Å². The topological polar surface area (TPSA) is 81.8 Å². The Morgan fingerprint density at radius 2 is 1.73 bits per heavy atom. The second-order valence-corrected chi connectivity index (χ2v) is 9.13. The molecule has 1 fully saturated rings. The highest BCUT2D eigenvalue weighted by molar-refractivity contribution is 7.08. The first-order chi connectivity index (χ1) is 15.8. The third kappa shape index (κ3) is 4.47. The third-order valence-corrected chi connectivity index (χ3v) is 6.34. The molecule has 4 amide bonds. The SMILES string of the molecule is CC(C)N(C(=O)CN1C(=O)NC(C)(c2ccsc2)C1=O)c1ccc(Nc2ccccc2)cc1. The number of urea groups is 1. The molecule has 4 rings (SSSR count). The van der Waals surface area contributed by atoms with Gasteiger partial charge in [-0.2, -0.15) is 11.3 Å². The minimum Gasteiger partial charge on any atom is -0.356 e. The molecule has 1 aromatic heterocycles. The molecule has 2 aromatic carbocycles. The number of amides is 4. The van der Waals surface area contributed by atoms with Crippen molar-refractivity contribution in [2.45, 2.75) is 32.4 Å². The summed E-state index contributed by atoms with van der Waals surface area (Å²) >= 11 is 1.45. The zero-order valence-electron chi connectivity index (χ0n) is 18.7. The molecule has 0 saturated carbocycles. The van der Waals surface area contributed by atoms with Gasteiger partial charge in [-0.05, 0) is 79.6 Å². The largest absolute Gasteiger partial charge is 0.356 e. The normalized spacial score (nSPS) is 17.9. The molecule has 0 bridgehead atoms. The Morgan fingerprint density at radius 1 is 1.06 bits per heavy atom. The standard InChI is InChI=1S/C25H26N4O3S/c1-17(2)29(21-11-9-20(10-12-21)26-19-7-5-4-6-8-19)22(30)15-28-23(31)25(3,27-24(28)32)18-13-14-33-16-18/h4-14,16-17,26H,15H2,1-3H3,(H,27,32). The van der Waals surface area contributed by atoms with Crippen LogP contribution in [0.3, 0.4) is 0 Å². The van der Waals surface area contributed by atoms with E-state index in [9.17, 15) is 14.4 Å². The molecule has 1 aliphatic rings. The third-order valence-electron chi connectivity index (χ3n) is 5.66. The monoisotopic (exact) mass is 462 g/mol. The number of hydrogen-bond acceptors (Lipinski definition) is 5. The van der Waals surface area contributed by atoms with Gasteiger partial charge in [-0.3, -0.25) is 14.5 Å².